The minimum atomic E-state index is -2.61. The third kappa shape index (κ3) is 42.2. The first-order chi connectivity index (χ1) is 1.73. The molecule has 6 heavy (non-hydrogen) atoms. The van der Waals surface area contributed by atoms with E-state index in [-0.39, 0.29) is 50.6 Å². The predicted molar refractivity (Wildman–Crippen MR) is 20.5 cm³/mol. The average molecular weight is 301 g/mol. The smallest absolute Gasteiger partial charge is 0 e. The quantitative estimate of drug-likeness (QED) is 0.447. The van der Waals surface area contributed by atoms with E-state index in [1.807, 2.05) is 0 Å². The fraction of sp³-hybridized carbons (Fsp3) is 0. The van der Waals surface area contributed by atoms with Crippen molar-refractivity contribution in [2.45, 2.75) is 0 Å². The Morgan fingerprint density at radius 3 is 1.33 bits per heavy atom. The van der Waals surface area contributed by atoms with Crippen molar-refractivity contribution in [1.82, 2.24) is 0 Å². The second-order valence-corrected chi connectivity index (χ2v) is 0.692. The van der Waals surface area contributed by atoms with Gasteiger partial charge in [-0.1, -0.05) is 0 Å². The topological polar surface area (TPSA) is 57.5 Å². The first kappa shape index (κ1) is 15.7. The van der Waals surface area contributed by atoms with E-state index in [0.29, 0.717) is 0 Å². The van der Waals surface area contributed by atoms with Crippen molar-refractivity contribution in [1.29, 1.82) is 0 Å². The molecule has 0 unspecified atom stereocenters. The maximum Gasteiger partial charge on any atom is 0 e. The summed E-state index contributed by atoms with van der Waals surface area (Å²) in [5.74, 6) is 0. The molecule has 0 aliphatic heterocycles. The van der Waals surface area contributed by atoms with Gasteiger partial charge in [0.1, 0.15) is 0 Å². The molecule has 0 radical (unpaired) electrons. The molecule has 0 bridgehead atoms. The second-order valence-electron chi connectivity index (χ2n) is 0.231. The van der Waals surface area contributed by atoms with E-state index in [2.05, 4.69) is 0 Å². The van der Waals surface area contributed by atoms with Gasteiger partial charge >= 0.3 is 29.6 Å². The SMILES string of the molecule is O=S(O)O.[NaH].[Pt]. The molecule has 6 heteroatoms. The van der Waals surface area contributed by atoms with Crippen molar-refractivity contribution in [3.05, 3.63) is 0 Å². The number of rotatable bonds is 0. The van der Waals surface area contributed by atoms with E-state index < -0.39 is 11.4 Å². The fourth-order valence-electron chi connectivity index (χ4n) is 0. The van der Waals surface area contributed by atoms with Crippen LogP contribution in [0.15, 0.2) is 0 Å². The number of hydrogen-bond acceptors (Lipinski definition) is 1. The second kappa shape index (κ2) is 9.90. The predicted octanol–water partition coefficient (Wildman–Crippen LogP) is -0.970. The summed E-state index contributed by atoms with van der Waals surface area (Å²) < 4.78 is 22.8. The molecule has 3 nitrogen and oxygen atoms in total. The first-order valence-corrected chi connectivity index (χ1v) is 1.60. The molecule has 0 aromatic carbocycles. The van der Waals surface area contributed by atoms with Gasteiger partial charge in [0.15, 0.2) is 0 Å². The van der Waals surface area contributed by atoms with Crippen LogP contribution >= 0.6 is 0 Å². The number of hydrogen-bond donors (Lipinski definition) is 2. The van der Waals surface area contributed by atoms with E-state index >= 15 is 0 Å². The Morgan fingerprint density at radius 1 is 1.33 bits per heavy atom. The molecule has 0 rings (SSSR count). The summed E-state index contributed by atoms with van der Waals surface area (Å²) in [5, 5.41) is 0. The molecule has 0 spiro atoms. The van der Waals surface area contributed by atoms with Gasteiger partial charge in [0.05, 0.1) is 0 Å². The maximum absolute atomic E-state index is 8.67. The van der Waals surface area contributed by atoms with Gasteiger partial charge in [0.2, 0.25) is 0 Å². The standard InChI is InChI=1S/Na.H2O3S.Pt.H/c;1-4(2)3;;/h;(H2,1,2,3);;. The summed E-state index contributed by atoms with van der Waals surface area (Å²) in [7, 11) is 0. The van der Waals surface area contributed by atoms with Gasteiger partial charge in [-0.15, -0.1) is 0 Å². The van der Waals surface area contributed by atoms with Gasteiger partial charge in [0, 0.05) is 21.1 Å². The summed E-state index contributed by atoms with van der Waals surface area (Å²) in [4.78, 5) is 0. The van der Waals surface area contributed by atoms with Crippen LogP contribution in [0.1, 0.15) is 0 Å². The molecule has 0 amide bonds. The Morgan fingerprint density at radius 2 is 1.33 bits per heavy atom. The molecule has 0 aromatic rings. The van der Waals surface area contributed by atoms with Crippen LogP contribution in [-0.4, -0.2) is 42.9 Å². The van der Waals surface area contributed by atoms with Crippen LogP contribution in [0.3, 0.4) is 0 Å². The average Bonchev–Trinajstić information content (AvgIpc) is 0.811. The van der Waals surface area contributed by atoms with E-state index in [0.717, 1.165) is 0 Å². The van der Waals surface area contributed by atoms with Crippen LogP contribution in [0, 0.1) is 0 Å². The van der Waals surface area contributed by atoms with Gasteiger partial charge in [-0.3, -0.25) is 9.11 Å². The molecule has 0 saturated carbocycles. The van der Waals surface area contributed by atoms with E-state index in [1.165, 1.54) is 0 Å². The normalized spacial score (nSPS) is 5.83. The van der Waals surface area contributed by atoms with Crippen molar-refractivity contribution in [2.24, 2.45) is 0 Å². The van der Waals surface area contributed by atoms with Crippen molar-refractivity contribution < 1.29 is 34.4 Å². The van der Waals surface area contributed by atoms with Crippen molar-refractivity contribution in [2.75, 3.05) is 0 Å². The van der Waals surface area contributed by atoms with Crippen LogP contribution in [0.5, 0.6) is 0 Å². The Balaban J connectivity index is -0.0000000450. The molecule has 0 fully saturated rings. The molecule has 0 aliphatic rings. The first-order valence-electron chi connectivity index (χ1n) is 0.532. The molecular formula is H3NaO3PtS. The van der Waals surface area contributed by atoms with Gasteiger partial charge < -0.3 is 0 Å². The van der Waals surface area contributed by atoms with Gasteiger partial charge in [-0.25, -0.2) is 0 Å². The maximum atomic E-state index is 8.67. The molecule has 38 valence electrons. The van der Waals surface area contributed by atoms with E-state index in [4.69, 9.17) is 13.3 Å². The fourth-order valence-corrected chi connectivity index (χ4v) is 0. The van der Waals surface area contributed by atoms with Crippen molar-refractivity contribution in [3.8, 4) is 0 Å². The summed E-state index contributed by atoms with van der Waals surface area (Å²) in [6, 6.07) is 0. The summed E-state index contributed by atoms with van der Waals surface area (Å²) in [5.41, 5.74) is 0. The van der Waals surface area contributed by atoms with Crippen LogP contribution in [-0.2, 0) is 32.4 Å². The van der Waals surface area contributed by atoms with Crippen LogP contribution < -0.4 is 0 Å². The molecule has 0 atom stereocenters. The van der Waals surface area contributed by atoms with Crippen molar-refractivity contribution >= 4 is 40.9 Å². The largest absolute Gasteiger partial charge is 0 e. The zero-order valence-corrected chi connectivity index (χ0v) is 5.12. The Hall–Kier alpha value is 1.76. The third-order valence-corrected chi connectivity index (χ3v) is 0. The van der Waals surface area contributed by atoms with E-state index in [1.54, 1.807) is 0 Å². The zero-order valence-electron chi connectivity index (χ0n) is 2.03. The molecule has 0 heterocycles. The molecule has 0 aromatic heterocycles. The molecule has 0 aliphatic carbocycles. The Kier molecular flexibility index (Phi) is 25.8. The van der Waals surface area contributed by atoms with Crippen LogP contribution in [0.2, 0.25) is 0 Å². The van der Waals surface area contributed by atoms with Gasteiger partial charge in [-0.05, 0) is 0 Å². The van der Waals surface area contributed by atoms with Crippen LogP contribution in [0.4, 0.5) is 0 Å². The summed E-state index contributed by atoms with van der Waals surface area (Å²) in [6.45, 7) is 0. The molecule has 0 saturated heterocycles. The van der Waals surface area contributed by atoms with Gasteiger partial charge in [0.25, 0.3) is 11.4 Å². The van der Waals surface area contributed by atoms with E-state index in [9.17, 15) is 0 Å². The van der Waals surface area contributed by atoms with Gasteiger partial charge in [-0.2, -0.15) is 4.21 Å². The third-order valence-electron chi connectivity index (χ3n) is 0. The minimum Gasteiger partial charge on any atom is 0 e. The Labute approximate surface area is 74.6 Å². The van der Waals surface area contributed by atoms with Crippen molar-refractivity contribution in [3.63, 3.8) is 0 Å². The Bertz CT molecular complexity index is 33.8. The summed E-state index contributed by atoms with van der Waals surface area (Å²) in [6.07, 6.45) is 0. The monoisotopic (exact) mass is 301 g/mol. The zero-order chi connectivity index (χ0) is 3.58. The summed E-state index contributed by atoms with van der Waals surface area (Å²) >= 11 is -2.61. The minimum absolute atomic E-state index is 0. The van der Waals surface area contributed by atoms with Crippen LogP contribution in [0.25, 0.3) is 0 Å². The molecule has 2 N–H and O–H groups in total. The molecular weight excluding hydrogens is 298 g/mol.